The van der Waals surface area contributed by atoms with Gasteiger partial charge in [0.05, 0.1) is 0 Å². The lowest BCUT2D eigenvalue weighted by atomic mass is 9.99. The van der Waals surface area contributed by atoms with E-state index in [1.165, 1.54) is 5.56 Å². The topological polar surface area (TPSA) is 0 Å². The first kappa shape index (κ1) is 9.16. The minimum absolute atomic E-state index is 0.470. The molecular formula is C11H11Cl. The van der Waals surface area contributed by atoms with Crippen molar-refractivity contribution in [1.29, 1.82) is 0 Å². The Labute approximate surface area is 78.6 Å². The summed E-state index contributed by atoms with van der Waals surface area (Å²) in [5, 5.41) is 2.39. The van der Waals surface area contributed by atoms with Crippen LogP contribution in [0.5, 0.6) is 0 Å². The smallest absolute Gasteiger partial charge is 0.0168 e. The molecule has 0 fully saturated rings. The second-order valence-corrected chi connectivity index (χ2v) is 2.98. The quantitative estimate of drug-likeness (QED) is 0.610. The van der Waals surface area contributed by atoms with Crippen molar-refractivity contribution in [3.63, 3.8) is 0 Å². The van der Waals surface area contributed by atoms with E-state index in [1.54, 1.807) is 0 Å². The summed E-state index contributed by atoms with van der Waals surface area (Å²) in [6.07, 6.45) is 0.827. The zero-order valence-corrected chi connectivity index (χ0v) is 7.81. The van der Waals surface area contributed by atoms with Crippen molar-refractivity contribution in [3.8, 4) is 11.3 Å². The van der Waals surface area contributed by atoms with Crippen LogP contribution in [0.1, 0.15) is 24.8 Å². The Morgan fingerprint density at radius 2 is 2.00 bits per heavy atom. The highest BCUT2D eigenvalue weighted by atomic mass is 35.5. The Bertz CT molecular complexity index is 279. The average molecular weight is 179 g/mol. The van der Waals surface area contributed by atoms with Crippen LogP contribution < -0.4 is 0 Å². The fraction of sp³-hybridized carbons (Fsp3) is 0.273. The summed E-state index contributed by atoms with van der Waals surface area (Å²) in [5.41, 5.74) is 1.32. The van der Waals surface area contributed by atoms with Crippen LogP contribution >= 0.6 is 11.6 Å². The molecule has 0 N–H and O–H groups in total. The molecule has 1 heteroatoms. The van der Waals surface area contributed by atoms with E-state index in [2.05, 4.69) is 30.4 Å². The van der Waals surface area contributed by atoms with E-state index >= 15 is 0 Å². The molecule has 0 spiro atoms. The van der Waals surface area contributed by atoms with Gasteiger partial charge in [0.1, 0.15) is 0 Å². The largest absolute Gasteiger partial charge is 0.0852 e. The Hall–Kier alpha value is -0.930. The van der Waals surface area contributed by atoms with Crippen LogP contribution in [0.3, 0.4) is 0 Å². The van der Waals surface area contributed by atoms with Crippen LogP contribution in [0.2, 0.25) is 0 Å². The zero-order chi connectivity index (χ0) is 8.81. The van der Waals surface area contributed by atoms with Crippen molar-refractivity contribution in [2.24, 2.45) is 0 Å². The molecule has 0 aliphatic carbocycles. The fourth-order valence-electron chi connectivity index (χ4n) is 1.09. The Morgan fingerprint density at radius 3 is 2.58 bits per heavy atom. The van der Waals surface area contributed by atoms with Gasteiger partial charge in [0.25, 0.3) is 0 Å². The summed E-state index contributed by atoms with van der Waals surface area (Å²) in [6, 6.07) is 10.3. The summed E-state index contributed by atoms with van der Waals surface area (Å²) in [7, 11) is 0. The van der Waals surface area contributed by atoms with Crippen molar-refractivity contribution in [2.45, 2.75) is 19.3 Å². The number of halogens is 1. The molecule has 1 aromatic rings. The molecule has 0 aromatic heterocycles. The molecule has 1 rings (SSSR count). The summed E-state index contributed by atoms with van der Waals surface area (Å²) in [5.74, 6) is 3.33. The van der Waals surface area contributed by atoms with E-state index in [9.17, 15) is 0 Å². The number of hydrogen-bond acceptors (Lipinski definition) is 0. The first-order valence-corrected chi connectivity index (χ1v) is 4.36. The number of hydrogen-bond donors (Lipinski definition) is 0. The van der Waals surface area contributed by atoms with Crippen molar-refractivity contribution in [1.82, 2.24) is 0 Å². The normalized spacial score (nSPS) is 11.5. The minimum Gasteiger partial charge on any atom is -0.0852 e. The lowest BCUT2D eigenvalue weighted by Gasteiger charge is -2.06. The summed E-state index contributed by atoms with van der Waals surface area (Å²) >= 11 is 5.27. The maximum atomic E-state index is 5.27. The first-order valence-electron chi connectivity index (χ1n) is 3.98. The van der Waals surface area contributed by atoms with Gasteiger partial charge in [-0.05, 0) is 23.1 Å². The van der Waals surface area contributed by atoms with E-state index in [0.29, 0.717) is 5.92 Å². The standard InChI is InChI=1S/C11H11Cl/c1-10(6-5-9-12)11-7-3-2-4-8-11/h2-4,7-8,10H,6H2,1H3. The highest BCUT2D eigenvalue weighted by molar-refractivity contribution is 6.30. The molecule has 12 heavy (non-hydrogen) atoms. The molecule has 0 nitrogen and oxygen atoms in total. The third-order valence-corrected chi connectivity index (χ3v) is 1.98. The number of benzene rings is 1. The van der Waals surface area contributed by atoms with Gasteiger partial charge in [0.15, 0.2) is 0 Å². The van der Waals surface area contributed by atoms with Crippen molar-refractivity contribution in [2.75, 3.05) is 0 Å². The highest BCUT2D eigenvalue weighted by Gasteiger charge is 2.01. The highest BCUT2D eigenvalue weighted by Crippen LogP contribution is 2.17. The molecule has 0 aliphatic heterocycles. The molecule has 0 aliphatic rings. The molecule has 1 atom stereocenters. The van der Waals surface area contributed by atoms with Gasteiger partial charge in [-0.2, -0.15) is 0 Å². The molecule has 0 saturated heterocycles. The third kappa shape index (κ3) is 2.60. The predicted octanol–water partition coefficient (Wildman–Crippen LogP) is 3.38. The Kier molecular flexibility index (Phi) is 3.70. The lowest BCUT2D eigenvalue weighted by Crippen LogP contribution is -1.90. The molecule has 0 saturated carbocycles. The van der Waals surface area contributed by atoms with Crippen LogP contribution in [0.4, 0.5) is 0 Å². The summed E-state index contributed by atoms with van der Waals surface area (Å²) in [4.78, 5) is 0. The van der Waals surface area contributed by atoms with E-state index in [4.69, 9.17) is 11.6 Å². The van der Waals surface area contributed by atoms with Crippen molar-refractivity contribution < 1.29 is 0 Å². The van der Waals surface area contributed by atoms with Gasteiger partial charge in [0, 0.05) is 11.8 Å². The SMILES string of the molecule is CC(CC#CCl)c1ccccc1. The maximum absolute atomic E-state index is 5.27. The van der Waals surface area contributed by atoms with Crippen LogP contribution in [-0.4, -0.2) is 0 Å². The molecular weight excluding hydrogens is 168 g/mol. The van der Waals surface area contributed by atoms with Gasteiger partial charge >= 0.3 is 0 Å². The fourth-order valence-corrected chi connectivity index (χ4v) is 1.17. The molecule has 0 amide bonds. The number of rotatable bonds is 2. The van der Waals surface area contributed by atoms with Gasteiger partial charge in [-0.1, -0.05) is 43.2 Å². The molecule has 62 valence electrons. The molecule has 0 radical (unpaired) electrons. The summed E-state index contributed by atoms with van der Waals surface area (Å²) in [6.45, 7) is 2.15. The van der Waals surface area contributed by atoms with Crippen molar-refractivity contribution in [3.05, 3.63) is 35.9 Å². The minimum atomic E-state index is 0.470. The van der Waals surface area contributed by atoms with Gasteiger partial charge in [-0.25, -0.2) is 0 Å². The molecule has 0 bridgehead atoms. The first-order chi connectivity index (χ1) is 5.84. The Morgan fingerprint density at radius 1 is 1.33 bits per heavy atom. The summed E-state index contributed by atoms with van der Waals surface area (Å²) < 4.78 is 0. The molecule has 1 aromatic carbocycles. The van der Waals surface area contributed by atoms with Crippen LogP contribution in [0.15, 0.2) is 30.3 Å². The van der Waals surface area contributed by atoms with Gasteiger partial charge < -0.3 is 0 Å². The lowest BCUT2D eigenvalue weighted by molar-refractivity contribution is 0.796. The van der Waals surface area contributed by atoms with E-state index in [1.807, 2.05) is 18.2 Å². The Balaban J connectivity index is 2.63. The van der Waals surface area contributed by atoms with Crippen LogP contribution in [0, 0.1) is 11.3 Å². The van der Waals surface area contributed by atoms with Crippen LogP contribution in [-0.2, 0) is 0 Å². The second-order valence-electron chi connectivity index (χ2n) is 2.79. The van der Waals surface area contributed by atoms with Gasteiger partial charge in [-0.15, -0.1) is 0 Å². The monoisotopic (exact) mass is 178 g/mol. The van der Waals surface area contributed by atoms with Gasteiger partial charge in [-0.3, -0.25) is 0 Å². The third-order valence-electron chi connectivity index (χ3n) is 1.84. The maximum Gasteiger partial charge on any atom is 0.0168 e. The second kappa shape index (κ2) is 4.85. The average Bonchev–Trinajstić information content (AvgIpc) is 2.15. The zero-order valence-electron chi connectivity index (χ0n) is 7.05. The van der Waals surface area contributed by atoms with E-state index in [0.717, 1.165) is 6.42 Å². The van der Waals surface area contributed by atoms with Gasteiger partial charge in [0.2, 0.25) is 0 Å². The molecule has 1 unspecified atom stereocenters. The predicted molar refractivity (Wildman–Crippen MR) is 53.1 cm³/mol. The van der Waals surface area contributed by atoms with E-state index in [-0.39, 0.29) is 0 Å². The molecule has 0 heterocycles. The van der Waals surface area contributed by atoms with Crippen molar-refractivity contribution >= 4 is 11.6 Å². The van der Waals surface area contributed by atoms with E-state index < -0.39 is 0 Å². The van der Waals surface area contributed by atoms with Crippen LogP contribution in [0.25, 0.3) is 0 Å².